The summed E-state index contributed by atoms with van der Waals surface area (Å²) in [6.07, 6.45) is 7.77. The molecule has 0 radical (unpaired) electrons. The molecular formula is C30H31ClN2O. The number of carbonyl (C=O) groups is 1. The van der Waals surface area contributed by atoms with E-state index < -0.39 is 0 Å². The van der Waals surface area contributed by atoms with Crippen LogP contribution in [-0.2, 0) is 11.2 Å². The minimum Gasteiger partial charge on any atom is -0.339 e. The summed E-state index contributed by atoms with van der Waals surface area (Å²) in [4.78, 5) is 20.2. The van der Waals surface area contributed by atoms with Gasteiger partial charge in [-0.15, -0.1) is 0 Å². The summed E-state index contributed by atoms with van der Waals surface area (Å²) in [5.41, 5.74) is 4.89. The lowest BCUT2D eigenvalue weighted by atomic mass is 9.94. The highest BCUT2D eigenvalue weighted by molar-refractivity contribution is 6.31. The molecule has 1 saturated carbocycles. The molecular weight excluding hydrogens is 440 g/mol. The highest BCUT2D eigenvalue weighted by atomic mass is 35.5. The largest absolute Gasteiger partial charge is 0.339 e. The van der Waals surface area contributed by atoms with Crippen molar-refractivity contribution in [2.75, 3.05) is 6.54 Å². The standard InChI is InChI=1S/C30H31ClN2O/c31-28-21-26(32-29(22-10-4-1-5-11-22)23-12-6-2-7-13-23)17-16-24(28)20-25-18-19-33(30(25)34)27-14-8-3-9-15-27/h1-2,4-7,10-13,16-17,21,25,27H,3,8-9,14-15,18-20H2. The van der Waals surface area contributed by atoms with Gasteiger partial charge in [0.15, 0.2) is 0 Å². The van der Waals surface area contributed by atoms with Crippen LogP contribution >= 0.6 is 11.6 Å². The molecule has 34 heavy (non-hydrogen) atoms. The molecule has 2 aliphatic rings. The molecule has 1 aliphatic heterocycles. The summed E-state index contributed by atoms with van der Waals surface area (Å²) in [5.74, 6) is 0.360. The zero-order valence-corrected chi connectivity index (χ0v) is 20.3. The van der Waals surface area contributed by atoms with Crippen molar-refractivity contribution in [2.45, 2.75) is 51.0 Å². The molecule has 0 aromatic heterocycles. The van der Waals surface area contributed by atoms with E-state index in [4.69, 9.17) is 16.6 Å². The molecule has 1 saturated heterocycles. The molecule has 5 rings (SSSR count). The van der Waals surface area contributed by atoms with Crippen LogP contribution in [0.15, 0.2) is 83.9 Å². The second-order valence-electron chi connectivity index (χ2n) is 9.48. The first-order valence-corrected chi connectivity index (χ1v) is 12.9. The lowest BCUT2D eigenvalue weighted by molar-refractivity contribution is -0.133. The molecule has 1 unspecified atom stereocenters. The third-order valence-electron chi connectivity index (χ3n) is 7.20. The van der Waals surface area contributed by atoms with Gasteiger partial charge in [0.1, 0.15) is 0 Å². The van der Waals surface area contributed by atoms with Crippen molar-refractivity contribution in [1.29, 1.82) is 0 Å². The third-order valence-corrected chi connectivity index (χ3v) is 7.56. The molecule has 174 valence electrons. The number of aliphatic imine (C=N–C) groups is 1. The maximum absolute atomic E-state index is 13.1. The van der Waals surface area contributed by atoms with E-state index in [1.54, 1.807) is 0 Å². The van der Waals surface area contributed by atoms with Gasteiger partial charge in [-0.3, -0.25) is 4.79 Å². The fourth-order valence-corrected chi connectivity index (χ4v) is 5.61. The molecule has 4 heteroatoms. The maximum Gasteiger partial charge on any atom is 0.226 e. The number of carbonyl (C=O) groups excluding carboxylic acids is 1. The van der Waals surface area contributed by atoms with Crippen LogP contribution in [0.25, 0.3) is 0 Å². The number of likely N-dealkylation sites (tertiary alicyclic amines) is 1. The van der Waals surface area contributed by atoms with E-state index in [1.165, 1.54) is 19.3 Å². The van der Waals surface area contributed by atoms with Gasteiger partial charge in [-0.1, -0.05) is 97.6 Å². The SMILES string of the molecule is O=C1C(Cc2ccc(N=C(c3ccccc3)c3ccccc3)cc2Cl)CCN1C1CCCCC1. The molecule has 0 bridgehead atoms. The quantitative estimate of drug-likeness (QED) is 0.349. The Morgan fingerprint density at radius 1 is 0.853 bits per heavy atom. The Morgan fingerprint density at radius 2 is 1.50 bits per heavy atom. The molecule has 1 aliphatic carbocycles. The van der Waals surface area contributed by atoms with Crippen LogP contribution in [0, 0.1) is 5.92 Å². The van der Waals surface area contributed by atoms with E-state index in [9.17, 15) is 4.79 Å². The van der Waals surface area contributed by atoms with Crippen molar-refractivity contribution in [3.63, 3.8) is 0 Å². The average Bonchev–Trinajstić information content (AvgIpc) is 3.25. The second kappa shape index (κ2) is 10.6. The topological polar surface area (TPSA) is 32.7 Å². The van der Waals surface area contributed by atoms with Gasteiger partial charge in [0.05, 0.1) is 11.4 Å². The third kappa shape index (κ3) is 5.10. The number of nitrogens with zero attached hydrogens (tertiary/aromatic N) is 2. The monoisotopic (exact) mass is 470 g/mol. The van der Waals surface area contributed by atoms with Crippen molar-refractivity contribution in [3.05, 3.63) is 101 Å². The van der Waals surface area contributed by atoms with Gasteiger partial charge in [0.2, 0.25) is 5.91 Å². The van der Waals surface area contributed by atoms with Crippen LogP contribution in [-0.4, -0.2) is 29.1 Å². The first-order valence-electron chi connectivity index (χ1n) is 12.5. The van der Waals surface area contributed by atoms with Crippen molar-refractivity contribution in [2.24, 2.45) is 10.9 Å². The van der Waals surface area contributed by atoms with Gasteiger partial charge in [0.25, 0.3) is 0 Å². The number of rotatable bonds is 6. The van der Waals surface area contributed by atoms with Crippen LogP contribution in [0.2, 0.25) is 5.02 Å². The normalized spacial score (nSPS) is 18.8. The molecule has 2 fully saturated rings. The van der Waals surface area contributed by atoms with Gasteiger partial charge in [0, 0.05) is 34.7 Å². The van der Waals surface area contributed by atoms with Crippen LogP contribution in [0.3, 0.4) is 0 Å². The molecule has 1 atom stereocenters. The van der Waals surface area contributed by atoms with Crippen molar-refractivity contribution in [3.8, 4) is 0 Å². The number of halogens is 1. The Hall–Kier alpha value is -2.91. The number of hydrogen-bond donors (Lipinski definition) is 0. The first-order chi connectivity index (χ1) is 16.7. The molecule has 0 spiro atoms. The zero-order valence-electron chi connectivity index (χ0n) is 19.5. The Labute approximate surface area is 207 Å². The minimum absolute atomic E-state index is 0.0398. The zero-order chi connectivity index (χ0) is 23.3. The van der Waals surface area contributed by atoms with E-state index in [0.717, 1.165) is 53.9 Å². The Bertz CT molecular complexity index is 1110. The first kappa shape index (κ1) is 22.9. The summed E-state index contributed by atoms with van der Waals surface area (Å²) in [5, 5.41) is 0.686. The fraction of sp³-hybridized carbons (Fsp3) is 0.333. The van der Waals surface area contributed by atoms with E-state index in [0.29, 0.717) is 23.4 Å². The van der Waals surface area contributed by atoms with Gasteiger partial charge < -0.3 is 4.90 Å². The van der Waals surface area contributed by atoms with Crippen LogP contribution < -0.4 is 0 Å². The van der Waals surface area contributed by atoms with Gasteiger partial charge in [-0.25, -0.2) is 4.99 Å². The van der Waals surface area contributed by atoms with Gasteiger partial charge in [-0.05, 0) is 43.4 Å². The van der Waals surface area contributed by atoms with Crippen molar-refractivity contribution >= 4 is 28.9 Å². The van der Waals surface area contributed by atoms with Crippen molar-refractivity contribution < 1.29 is 4.79 Å². The Morgan fingerprint density at radius 3 is 2.12 bits per heavy atom. The summed E-state index contributed by atoms with van der Waals surface area (Å²) in [6, 6.07) is 26.9. The van der Waals surface area contributed by atoms with E-state index in [-0.39, 0.29) is 5.92 Å². The predicted molar refractivity (Wildman–Crippen MR) is 140 cm³/mol. The molecule has 3 nitrogen and oxygen atoms in total. The predicted octanol–water partition coefficient (Wildman–Crippen LogP) is 7.23. The molecule has 3 aromatic carbocycles. The van der Waals surface area contributed by atoms with Gasteiger partial charge in [-0.2, -0.15) is 0 Å². The fourth-order valence-electron chi connectivity index (χ4n) is 5.36. The van der Waals surface area contributed by atoms with Crippen LogP contribution in [0.1, 0.15) is 55.2 Å². The summed E-state index contributed by atoms with van der Waals surface area (Å²) in [6.45, 7) is 0.895. The van der Waals surface area contributed by atoms with Crippen LogP contribution in [0.4, 0.5) is 5.69 Å². The average molecular weight is 471 g/mol. The Kier molecular flexibility index (Phi) is 7.10. The minimum atomic E-state index is 0.0398. The number of amides is 1. The summed E-state index contributed by atoms with van der Waals surface area (Å²) in [7, 11) is 0. The molecule has 1 amide bonds. The molecule has 3 aromatic rings. The highest BCUT2D eigenvalue weighted by Gasteiger charge is 2.36. The number of benzene rings is 3. The van der Waals surface area contributed by atoms with E-state index in [2.05, 4.69) is 29.2 Å². The van der Waals surface area contributed by atoms with Gasteiger partial charge >= 0.3 is 0 Å². The summed E-state index contributed by atoms with van der Waals surface area (Å²) < 4.78 is 0. The van der Waals surface area contributed by atoms with E-state index in [1.807, 2.05) is 54.6 Å². The number of hydrogen-bond acceptors (Lipinski definition) is 2. The maximum atomic E-state index is 13.1. The second-order valence-corrected chi connectivity index (χ2v) is 9.89. The molecule has 1 heterocycles. The smallest absolute Gasteiger partial charge is 0.226 e. The van der Waals surface area contributed by atoms with Crippen molar-refractivity contribution in [1.82, 2.24) is 4.90 Å². The van der Waals surface area contributed by atoms with E-state index >= 15 is 0 Å². The summed E-state index contributed by atoms with van der Waals surface area (Å²) >= 11 is 6.72. The highest BCUT2D eigenvalue weighted by Crippen LogP contribution is 2.33. The Balaban J connectivity index is 1.35. The van der Waals surface area contributed by atoms with Crippen LogP contribution in [0.5, 0.6) is 0 Å². The lowest BCUT2D eigenvalue weighted by Gasteiger charge is -2.31. The lowest BCUT2D eigenvalue weighted by Crippen LogP contribution is -2.39. The molecule has 0 N–H and O–H groups in total.